The van der Waals surface area contributed by atoms with Crippen LogP contribution in [0.2, 0.25) is 0 Å². The molecule has 122 valence electrons. The molecule has 2 aromatic carbocycles. The molecule has 0 spiro atoms. The summed E-state index contributed by atoms with van der Waals surface area (Å²) in [6, 6.07) is 18.4. The van der Waals surface area contributed by atoms with E-state index < -0.39 is 0 Å². The van der Waals surface area contributed by atoms with Crippen LogP contribution in [0.4, 0.5) is 0 Å². The largest absolute Gasteiger partial charge is 0.373 e. The summed E-state index contributed by atoms with van der Waals surface area (Å²) in [6.07, 6.45) is 10.0. The molecule has 1 nitrogen and oxygen atoms in total. The molecule has 6 unspecified atom stereocenters. The number of rotatable bonds is 0. The van der Waals surface area contributed by atoms with Gasteiger partial charge in [-0.15, -0.1) is 0 Å². The van der Waals surface area contributed by atoms with Gasteiger partial charge in [0.2, 0.25) is 0 Å². The molecule has 2 saturated heterocycles. The number of allylic oxidation sites excluding steroid dienone is 2. The number of ether oxygens (including phenoxy) is 1. The van der Waals surface area contributed by atoms with Crippen molar-refractivity contribution in [1.82, 2.24) is 0 Å². The zero-order valence-electron chi connectivity index (χ0n) is 14.0. The smallest absolute Gasteiger partial charge is 0.0689 e. The number of hydrogen-bond acceptors (Lipinski definition) is 1. The van der Waals surface area contributed by atoms with Crippen LogP contribution in [0.3, 0.4) is 0 Å². The fraction of sp³-hybridized carbons (Fsp3) is 0.333. The Hall–Kier alpha value is -2.12. The highest BCUT2D eigenvalue weighted by Crippen LogP contribution is 2.68. The van der Waals surface area contributed by atoms with Gasteiger partial charge >= 0.3 is 0 Å². The summed E-state index contributed by atoms with van der Waals surface area (Å²) < 4.78 is 6.71. The van der Waals surface area contributed by atoms with E-state index in [9.17, 15) is 0 Å². The lowest BCUT2D eigenvalue weighted by Crippen LogP contribution is -2.50. The van der Waals surface area contributed by atoms with Gasteiger partial charge in [-0.05, 0) is 22.3 Å². The minimum atomic E-state index is 0.385. The Morgan fingerprint density at radius 1 is 0.560 bits per heavy atom. The monoisotopic (exact) mass is 324 g/mol. The third-order valence-electron chi connectivity index (χ3n) is 7.60. The zero-order chi connectivity index (χ0) is 16.1. The molecular weight excluding hydrogens is 304 g/mol. The van der Waals surface area contributed by atoms with Crippen LogP contribution in [0, 0.1) is 23.7 Å². The molecule has 2 aliphatic heterocycles. The maximum absolute atomic E-state index is 6.71. The first-order chi connectivity index (χ1) is 12.4. The van der Waals surface area contributed by atoms with Gasteiger partial charge in [0.1, 0.15) is 0 Å². The van der Waals surface area contributed by atoms with Crippen molar-refractivity contribution >= 4 is 0 Å². The molecule has 25 heavy (non-hydrogen) atoms. The van der Waals surface area contributed by atoms with Crippen molar-refractivity contribution < 1.29 is 4.74 Å². The summed E-state index contributed by atoms with van der Waals surface area (Å²) in [7, 11) is 0. The first-order valence-electron chi connectivity index (χ1n) is 9.61. The molecule has 8 rings (SSSR count). The Labute approximate surface area is 148 Å². The Balaban J connectivity index is 1.50. The van der Waals surface area contributed by atoms with Crippen LogP contribution >= 0.6 is 0 Å². The van der Waals surface area contributed by atoms with Gasteiger partial charge < -0.3 is 4.74 Å². The van der Waals surface area contributed by atoms with Crippen molar-refractivity contribution in [1.29, 1.82) is 0 Å². The Bertz CT molecular complexity index is 831. The van der Waals surface area contributed by atoms with E-state index >= 15 is 0 Å². The summed E-state index contributed by atoms with van der Waals surface area (Å²) in [5.41, 5.74) is 6.26. The molecule has 2 fully saturated rings. The van der Waals surface area contributed by atoms with E-state index in [1.165, 1.54) is 0 Å². The standard InChI is InChI=1S/C24H20O/c1-2-8-14-13(7-1)19-15-9-3-4-10-16(15)20(14)22-21(19)23-17-11-5-6-12-18(17)24(22)25-23/h1-12,17-24H. The first-order valence-corrected chi connectivity index (χ1v) is 9.61. The average molecular weight is 324 g/mol. The van der Waals surface area contributed by atoms with Gasteiger partial charge in [-0.3, -0.25) is 0 Å². The van der Waals surface area contributed by atoms with Crippen molar-refractivity contribution in [2.45, 2.75) is 24.0 Å². The van der Waals surface area contributed by atoms with Crippen molar-refractivity contribution in [2.75, 3.05) is 0 Å². The third-order valence-corrected chi connectivity index (χ3v) is 7.60. The van der Waals surface area contributed by atoms with Gasteiger partial charge in [-0.2, -0.15) is 0 Å². The van der Waals surface area contributed by atoms with Crippen LogP contribution in [0.15, 0.2) is 72.8 Å². The molecule has 2 heterocycles. The van der Waals surface area contributed by atoms with Crippen LogP contribution in [-0.4, -0.2) is 12.2 Å². The van der Waals surface area contributed by atoms with E-state index in [4.69, 9.17) is 4.74 Å². The van der Waals surface area contributed by atoms with E-state index in [0.29, 0.717) is 47.7 Å². The van der Waals surface area contributed by atoms with E-state index in [1.807, 2.05) is 0 Å². The second-order valence-electron chi connectivity index (χ2n) is 8.36. The van der Waals surface area contributed by atoms with Gasteiger partial charge in [-0.25, -0.2) is 0 Å². The summed E-state index contributed by atoms with van der Waals surface area (Å²) in [6.45, 7) is 0. The maximum atomic E-state index is 6.71. The van der Waals surface area contributed by atoms with Crippen LogP contribution in [0.5, 0.6) is 0 Å². The van der Waals surface area contributed by atoms with Crippen molar-refractivity contribution in [3.8, 4) is 0 Å². The Morgan fingerprint density at radius 2 is 0.960 bits per heavy atom. The summed E-state index contributed by atoms with van der Waals surface area (Å²) in [5.74, 6) is 3.45. The molecule has 0 aromatic heterocycles. The maximum Gasteiger partial charge on any atom is 0.0689 e. The Kier molecular flexibility index (Phi) is 2.28. The lowest BCUT2D eigenvalue weighted by Gasteiger charge is -2.53. The third kappa shape index (κ3) is 1.39. The molecule has 0 saturated carbocycles. The molecule has 0 amide bonds. The minimum absolute atomic E-state index is 0.385. The number of benzene rings is 2. The number of hydrogen-bond donors (Lipinski definition) is 0. The minimum Gasteiger partial charge on any atom is -0.373 e. The topological polar surface area (TPSA) is 9.23 Å². The fourth-order valence-electron chi connectivity index (χ4n) is 6.94. The van der Waals surface area contributed by atoms with Crippen LogP contribution in [0.1, 0.15) is 34.1 Å². The van der Waals surface area contributed by atoms with E-state index in [1.54, 1.807) is 22.3 Å². The van der Waals surface area contributed by atoms with Crippen molar-refractivity contribution in [3.63, 3.8) is 0 Å². The molecular formula is C24H20O. The highest BCUT2D eigenvalue weighted by molar-refractivity contribution is 5.58. The van der Waals surface area contributed by atoms with E-state index in [0.717, 1.165) is 0 Å². The zero-order valence-corrected chi connectivity index (χ0v) is 14.0. The lowest BCUT2D eigenvalue weighted by molar-refractivity contribution is 0.0755. The second kappa shape index (κ2) is 4.34. The Morgan fingerprint density at radius 3 is 1.36 bits per heavy atom. The van der Waals surface area contributed by atoms with Gasteiger partial charge in [0.25, 0.3) is 0 Å². The molecule has 0 N–H and O–H groups in total. The first kappa shape index (κ1) is 13.1. The van der Waals surface area contributed by atoms with E-state index in [2.05, 4.69) is 72.8 Å². The van der Waals surface area contributed by atoms with Gasteiger partial charge in [0.15, 0.2) is 0 Å². The quantitative estimate of drug-likeness (QED) is 0.685. The molecule has 2 aromatic rings. The van der Waals surface area contributed by atoms with Gasteiger partial charge in [0.05, 0.1) is 12.2 Å². The van der Waals surface area contributed by atoms with Crippen LogP contribution in [-0.2, 0) is 4.74 Å². The van der Waals surface area contributed by atoms with Crippen molar-refractivity contribution in [2.24, 2.45) is 23.7 Å². The lowest BCUT2D eigenvalue weighted by atomic mass is 9.48. The van der Waals surface area contributed by atoms with Crippen LogP contribution in [0.25, 0.3) is 0 Å². The predicted octanol–water partition coefficient (Wildman–Crippen LogP) is 4.65. The van der Waals surface area contributed by atoms with Gasteiger partial charge in [0, 0.05) is 35.5 Å². The molecule has 6 atom stereocenters. The molecule has 1 heteroatoms. The van der Waals surface area contributed by atoms with E-state index in [-0.39, 0.29) is 0 Å². The fourth-order valence-corrected chi connectivity index (χ4v) is 6.94. The normalized spacial score (nSPS) is 43.5. The average Bonchev–Trinajstić information content (AvgIpc) is 3.26. The SMILES string of the molecule is C1=CC2C(C=C1)C1OC2C2C3c4ccccc4C(c4ccccc43)C12. The highest BCUT2D eigenvalue weighted by Gasteiger charge is 2.66. The molecule has 4 bridgehead atoms. The van der Waals surface area contributed by atoms with Crippen molar-refractivity contribution in [3.05, 3.63) is 95.1 Å². The highest BCUT2D eigenvalue weighted by atomic mass is 16.5. The summed E-state index contributed by atoms with van der Waals surface area (Å²) in [4.78, 5) is 0. The predicted molar refractivity (Wildman–Crippen MR) is 97.5 cm³/mol. The van der Waals surface area contributed by atoms with Gasteiger partial charge in [-0.1, -0.05) is 72.8 Å². The molecule has 6 aliphatic rings. The summed E-state index contributed by atoms with van der Waals surface area (Å²) in [5, 5.41) is 0. The second-order valence-corrected chi connectivity index (χ2v) is 8.36. The van der Waals surface area contributed by atoms with Crippen LogP contribution < -0.4 is 0 Å². The summed E-state index contributed by atoms with van der Waals surface area (Å²) >= 11 is 0. The molecule has 0 radical (unpaired) electrons. The number of fused-ring (bicyclic) bond motifs is 5. The molecule has 4 aliphatic carbocycles.